The van der Waals surface area contributed by atoms with Gasteiger partial charge in [-0.2, -0.15) is 0 Å². The Labute approximate surface area is 130 Å². The molecule has 1 aromatic heterocycles. The van der Waals surface area contributed by atoms with Crippen LogP contribution in [0.1, 0.15) is 11.8 Å². The first kappa shape index (κ1) is 16.5. The summed E-state index contributed by atoms with van der Waals surface area (Å²) in [5, 5.41) is 0. The fourth-order valence-corrected chi connectivity index (χ4v) is 3.13. The Kier molecular flexibility index (Phi) is 5.23. The molecule has 0 aliphatic rings. The number of likely N-dealkylation sites (N-methyl/N-ethyl adjacent to an activating group) is 1. The Morgan fingerprint density at radius 1 is 1.27 bits per heavy atom. The van der Waals surface area contributed by atoms with Gasteiger partial charge in [0.2, 0.25) is 10.0 Å². The SMILES string of the molecule is COc1cccc(S(=O)(=O)NCC(c2ccco2)N(C)C)c1. The van der Waals surface area contributed by atoms with Crippen LogP contribution in [0.4, 0.5) is 0 Å². The van der Waals surface area contributed by atoms with E-state index in [1.54, 1.807) is 24.5 Å². The highest BCUT2D eigenvalue weighted by molar-refractivity contribution is 7.89. The molecule has 1 heterocycles. The van der Waals surface area contributed by atoms with Crippen LogP contribution in [0, 0.1) is 0 Å². The van der Waals surface area contributed by atoms with Crippen molar-refractivity contribution in [3.05, 3.63) is 48.4 Å². The third-order valence-corrected chi connectivity index (χ3v) is 4.73. The highest BCUT2D eigenvalue weighted by Crippen LogP contribution is 2.20. The molecule has 0 fully saturated rings. The molecule has 120 valence electrons. The van der Waals surface area contributed by atoms with Gasteiger partial charge in [-0.3, -0.25) is 4.90 Å². The lowest BCUT2D eigenvalue weighted by Gasteiger charge is -2.22. The molecular weight excluding hydrogens is 304 g/mol. The summed E-state index contributed by atoms with van der Waals surface area (Å²) in [5.74, 6) is 1.21. The number of benzene rings is 1. The lowest BCUT2D eigenvalue weighted by atomic mass is 10.2. The van der Waals surface area contributed by atoms with Crippen molar-refractivity contribution in [3.63, 3.8) is 0 Å². The van der Waals surface area contributed by atoms with E-state index >= 15 is 0 Å². The van der Waals surface area contributed by atoms with Gasteiger partial charge in [-0.1, -0.05) is 6.07 Å². The molecule has 0 aliphatic carbocycles. The Morgan fingerprint density at radius 3 is 2.64 bits per heavy atom. The summed E-state index contributed by atoms with van der Waals surface area (Å²) in [7, 11) is 1.62. The van der Waals surface area contributed by atoms with Crippen LogP contribution in [-0.2, 0) is 10.0 Å². The van der Waals surface area contributed by atoms with Crippen LogP contribution < -0.4 is 9.46 Å². The summed E-state index contributed by atoms with van der Waals surface area (Å²) in [6.07, 6.45) is 1.57. The zero-order chi connectivity index (χ0) is 16.2. The summed E-state index contributed by atoms with van der Waals surface area (Å²) >= 11 is 0. The van der Waals surface area contributed by atoms with Crippen molar-refractivity contribution >= 4 is 10.0 Å². The maximum Gasteiger partial charge on any atom is 0.240 e. The first-order valence-corrected chi connectivity index (χ1v) is 8.26. The lowest BCUT2D eigenvalue weighted by Crippen LogP contribution is -2.34. The van der Waals surface area contributed by atoms with E-state index in [-0.39, 0.29) is 17.5 Å². The molecule has 1 aromatic carbocycles. The van der Waals surface area contributed by atoms with Gasteiger partial charge in [-0.25, -0.2) is 13.1 Å². The molecule has 0 saturated heterocycles. The van der Waals surface area contributed by atoms with E-state index in [1.807, 2.05) is 25.1 Å². The average Bonchev–Trinajstić information content (AvgIpc) is 3.01. The maximum atomic E-state index is 12.4. The van der Waals surface area contributed by atoms with Crippen molar-refractivity contribution in [2.75, 3.05) is 27.7 Å². The molecule has 22 heavy (non-hydrogen) atoms. The second-order valence-corrected chi connectivity index (χ2v) is 6.79. The van der Waals surface area contributed by atoms with E-state index in [9.17, 15) is 8.42 Å². The normalized spacial score (nSPS) is 13.3. The number of hydrogen-bond acceptors (Lipinski definition) is 5. The maximum absolute atomic E-state index is 12.4. The van der Waals surface area contributed by atoms with Gasteiger partial charge in [-0.15, -0.1) is 0 Å². The molecule has 6 nitrogen and oxygen atoms in total. The van der Waals surface area contributed by atoms with Crippen LogP contribution >= 0.6 is 0 Å². The van der Waals surface area contributed by atoms with Crippen molar-refractivity contribution in [2.24, 2.45) is 0 Å². The monoisotopic (exact) mass is 324 g/mol. The van der Waals surface area contributed by atoms with Crippen molar-refractivity contribution in [3.8, 4) is 5.75 Å². The van der Waals surface area contributed by atoms with Gasteiger partial charge < -0.3 is 9.15 Å². The van der Waals surface area contributed by atoms with Gasteiger partial charge in [-0.05, 0) is 38.4 Å². The first-order valence-electron chi connectivity index (χ1n) is 6.77. The fourth-order valence-electron chi connectivity index (χ4n) is 2.06. The highest BCUT2D eigenvalue weighted by Gasteiger charge is 2.21. The number of nitrogens with one attached hydrogen (secondary N) is 1. The molecule has 0 saturated carbocycles. The average molecular weight is 324 g/mol. The van der Waals surface area contributed by atoms with E-state index in [2.05, 4.69) is 4.72 Å². The molecular formula is C15H20N2O4S. The van der Waals surface area contributed by atoms with Crippen molar-refractivity contribution in [1.29, 1.82) is 0 Å². The zero-order valence-electron chi connectivity index (χ0n) is 12.8. The van der Waals surface area contributed by atoms with Crippen LogP contribution in [0.2, 0.25) is 0 Å². The quantitative estimate of drug-likeness (QED) is 0.842. The molecule has 0 amide bonds. The van der Waals surface area contributed by atoms with Crippen LogP contribution in [-0.4, -0.2) is 41.1 Å². The van der Waals surface area contributed by atoms with E-state index < -0.39 is 10.0 Å². The largest absolute Gasteiger partial charge is 0.497 e. The Balaban J connectivity index is 2.14. The number of methoxy groups -OCH3 is 1. The number of sulfonamides is 1. The molecule has 0 radical (unpaired) electrons. The van der Waals surface area contributed by atoms with Gasteiger partial charge in [0.15, 0.2) is 0 Å². The topological polar surface area (TPSA) is 71.8 Å². The van der Waals surface area contributed by atoms with Crippen LogP contribution in [0.5, 0.6) is 5.75 Å². The van der Waals surface area contributed by atoms with Gasteiger partial charge in [0, 0.05) is 12.6 Å². The minimum Gasteiger partial charge on any atom is -0.497 e. The van der Waals surface area contributed by atoms with Gasteiger partial charge in [0.05, 0.1) is 24.3 Å². The summed E-state index contributed by atoms with van der Waals surface area (Å²) in [6.45, 7) is 0.208. The van der Waals surface area contributed by atoms with Crippen molar-refractivity contribution in [2.45, 2.75) is 10.9 Å². The van der Waals surface area contributed by atoms with Crippen molar-refractivity contribution < 1.29 is 17.6 Å². The second kappa shape index (κ2) is 6.95. The number of rotatable bonds is 7. The second-order valence-electron chi connectivity index (χ2n) is 5.03. The lowest BCUT2D eigenvalue weighted by molar-refractivity contribution is 0.259. The fraction of sp³-hybridized carbons (Fsp3) is 0.333. The number of ether oxygens (including phenoxy) is 1. The summed E-state index contributed by atoms with van der Waals surface area (Å²) in [5.41, 5.74) is 0. The van der Waals surface area contributed by atoms with E-state index in [0.717, 1.165) is 0 Å². The van der Waals surface area contributed by atoms with E-state index in [4.69, 9.17) is 9.15 Å². The van der Waals surface area contributed by atoms with Crippen LogP contribution in [0.25, 0.3) is 0 Å². The smallest absolute Gasteiger partial charge is 0.240 e. The summed E-state index contributed by atoms with van der Waals surface area (Å²) in [6, 6.07) is 9.78. The zero-order valence-corrected chi connectivity index (χ0v) is 13.6. The molecule has 0 spiro atoms. The Bertz CT molecular complexity index is 696. The molecule has 1 atom stereocenters. The van der Waals surface area contributed by atoms with Gasteiger partial charge in [0.1, 0.15) is 11.5 Å². The van der Waals surface area contributed by atoms with Crippen molar-refractivity contribution in [1.82, 2.24) is 9.62 Å². The minimum absolute atomic E-state index is 0.170. The molecule has 7 heteroatoms. The third kappa shape index (κ3) is 3.88. The first-order chi connectivity index (χ1) is 10.4. The van der Waals surface area contributed by atoms with Gasteiger partial charge >= 0.3 is 0 Å². The van der Waals surface area contributed by atoms with Crippen LogP contribution in [0.3, 0.4) is 0 Å². The molecule has 0 aliphatic heterocycles. The highest BCUT2D eigenvalue weighted by atomic mass is 32.2. The standard InChI is InChI=1S/C15H20N2O4S/c1-17(2)14(15-8-5-9-21-15)11-16-22(18,19)13-7-4-6-12(10-13)20-3/h4-10,14,16H,11H2,1-3H3. The molecule has 0 bridgehead atoms. The molecule has 2 aromatic rings. The Hall–Kier alpha value is -1.83. The molecule has 1 unspecified atom stereocenters. The molecule has 2 rings (SSSR count). The Morgan fingerprint density at radius 2 is 2.05 bits per heavy atom. The van der Waals surface area contributed by atoms with E-state index in [0.29, 0.717) is 11.5 Å². The predicted molar refractivity (Wildman–Crippen MR) is 83.3 cm³/mol. The van der Waals surface area contributed by atoms with Crippen LogP contribution in [0.15, 0.2) is 52.0 Å². The molecule has 1 N–H and O–H groups in total. The minimum atomic E-state index is -3.61. The summed E-state index contributed by atoms with van der Waals surface area (Å²) in [4.78, 5) is 2.07. The predicted octanol–water partition coefficient (Wildman–Crippen LogP) is 1.87. The summed E-state index contributed by atoms with van der Waals surface area (Å²) < 4.78 is 37.8. The third-order valence-electron chi connectivity index (χ3n) is 3.31. The van der Waals surface area contributed by atoms with Gasteiger partial charge in [0.25, 0.3) is 0 Å². The number of furan rings is 1. The number of nitrogens with zero attached hydrogens (tertiary/aromatic N) is 1. The number of hydrogen-bond donors (Lipinski definition) is 1. The van der Waals surface area contributed by atoms with E-state index in [1.165, 1.54) is 19.2 Å².